The van der Waals surface area contributed by atoms with Gasteiger partial charge >= 0.3 is 5.97 Å². The maximum atomic E-state index is 11.9. The molecule has 0 radical (unpaired) electrons. The van der Waals surface area contributed by atoms with Crippen LogP contribution in [0.15, 0.2) is 12.2 Å². The number of nitrogens with two attached hydrogens (primary N) is 1. The maximum absolute atomic E-state index is 11.9. The molecule has 32 heavy (non-hydrogen) atoms. The molecule has 1 unspecified atom stereocenters. The van der Waals surface area contributed by atoms with Gasteiger partial charge in [0.2, 0.25) is 11.8 Å². The van der Waals surface area contributed by atoms with Gasteiger partial charge in [-0.05, 0) is 25.8 Å². The Balaban J connectivity index is 2.04. The number of rotatable bonds is 17. The summed E-state index contributed by atoms with van der Waals surface area (Å²) in [7, 11) is 1.26. The fourth-order valence-corrected chi connectivity index (χ4v) is 2.72. The third-order valence-electron chi connectivity index (χ3n) is 4.40. The van der Waals surface area contributed by atoms with Crippen LogP contribution in [0, 0.1) is 0 Å². The lowest BCUT2D eigenvalue weighted by molar-refractivity contribution is -0.146. The average Bonchev–Trinajstić information content (AvgIpc) is 3.10. The summed E-state index contributed by atoms with van der Waals surface area (Å²) in [4.78, 5) is 59.1. The van der Waals surface area contributed by atoms with Crippen molar-refractivity contribution in [2.75, 3.05) is 53.2 Å². The molecule has 0 aliphatic carbocycles. The van der Waals surface area contributed by atoms with Gasteiger partial charge in [-0.15, -0.1) is 0 Å². The fourth-order valence-electron chi connectivity index (χ4n) is 2.72. The second-order valence-corrected chi connectivity index (χ2v) is 6.85. The molecule has 1 aliphatic rings. The first-order chi connectivity index (χ1) is 15.4. The van der Waals surface area contributed by atoms with Gasteiger partial charge in [0, 0.05) is 31.7 Å². The number of unbranched alkanes of at least 4 members (excludes halogenated alkanes) is 1. The van der Waals surface area contributed by atoms with E-state index in [4.69, 9.17) is 15.2 Å². The Morgan fingerprint density at radius 2 is 1.72 bits per heavy atom. The van der Waals surface area contributed by atoms with E-state index in [1.165, 1.54) is 19.3 Å². The first-order valence-corrected chi connectivity index (χ1v) is 10.4. The van der Waals surface area contributed by atoms with Gasteiger partial charge in [-0.2, -0.15) is 0 Å². The lowest BCUT2D eigenvalue weighted by Crippen LogP contribution is -2.43. The average molecular weight is 456 g/mol. The molecule has 1 atom stereocenters. The van der Waals surface area contributed by atoms with Crippen LogP contribution in [0.1, 0.15) is 25.7 Å². The number of esters is 1. The molecule has 0 saturated heterocycles. The Labute approximate surface area is 186 Å². The van der Waals surface area contributed by atoms with Gasteiger partial charge in [-0.3, -0.25) is 24.1 Å². The Bertz CT molecular complexity index is 665. The summed E-state index contributed by atoms with van der Waals surface area (Å²) in [5.41, 5.74) is 5.43. The van der Waals surface area contributed by atoms with E-state index in [0.29, 0.717) is 19.4 Å². The lowest BCUT2D eigenvalue weighted by atomic mass is 10.1. The summed E-state index contributed by atoms with van der Waals surface area (Å²) in [5.74, 6) is -2.11. The number of hydrogen-bond donors (Lipinski definition) is 3. The van der Waals surface area contributed by atoms with E-state index < -0.39 is 29.7 Å². The van der Waals surface area contributed by atoms with E-state index in [1.54, 1.807) is 0 Å². The first-order valence-electron chi connectivity index (χ1n) is 10.4. The van der Waals surface area contributed by atoms with Gasteiger partial charge in [0.15, 0.2) is 0 Å². The zero-order valence-electron chi connectivity index (χ0n) is 18.3. The highest BCUT2D eigenvalue weighted by Crippen LogP contribution is 2.04. The molecule has 1 rings (SSSR count). The Hall–Kier alpha value is -2.83. The lowest BCUT2D eigenvalue weighted by Gasteiger charge is -2.16. The smallest absolute Gasteiger partial charge is 0.328 e. The first kappa shape index (κ1) is 27.2. The van der Waals surface area contributed by atoms with Crippen molar-refractivity contribution in [3.63, 3.8) is 0 Å². The number of hydrogen-bond acceptors (Lipinski definition) is 9. The van der Waals surface area contributed by atoms with Gasteiger partial charge < -0.3 is 30.6 Å². The van der Waals surface area contributed by atoms with Crippen molar-refractivity contribution in [3.8, 4) is 0 Å². The summed E-state index contributed by atoms with van der Waals surface area (Å²) in [6.07, 6.45) is 4.21. The highest BCUT2D eigenvalue weighted by molar-refractivity contribution is 6.13. The van der Waals surface area contributed by atoms with Crippen LogP contribution in [-0.2, 0) is 38.2 Å². The van der Waals surface area contributed by atoms with Gasteiger partial charge in [-0.25, -0.2) is 4.79 Å². The zero-order valence-corrected chi connectivity index (χ0v) is 18.3. The van der Waals surface area contributed by atoms with Gasteiger partial charge in [0.1, 0.15) is 12.6 Å². The minimum atomic E-state index is -0.736. The van der Waals surface area contributed by atoms with Crippen molar-refractivity contribution in [2.24, 2.45) is 5.73 Å². The summed E-state index contributed by atoms with van der Waals surface area (Å²) >= 11 is 0. The number of amides is 4. The Morgan fingerprint density at radius 3 is 2.38 bits per heavy atom. The molecule has 0 aromatic rings. The van der Waals surface area contributed by atoms with Crippen molar-refractivity contribution < 1.29 is 38.2 Å². The summed E-state index contributed by atoms with van der Waals surface area (Å²) in [5, 5.41) is 5.18. The fraction of sp³-hybridized carbons (Fsp3) is 0.650. The highest BCUT2D eigenvalue weighted by Gasteiger charge is 2.23. The van der Waals surface area contributed by atoms with Crippen LogP contribution < -0.4 is 16.4 Å². The van der Waals surface area contributed by atoms with E-state index in [0.717, 1.165) is 11.3 Å². The second kappa shape index (κ2) is 15.9. The number of methoxy groups -OCH3 is 1. The largest absolute Gasteiger partial charge is 0.467 e. The molecule has 0 spiro atoms. The van der Waals surface area contributed by atoms with Crippen molar-refractivity contribution in [3.05, 3.63) is 12.2 Å². The van der Waals surface area contributed by atoms with Gasteiger partial charge in [0.25, 0.3) is 11.8 Å². The highest BCUT2D eigenvalue weighted by atomic mass is 16.5. The minimum Gasteiger partial charge on any atom is -0.467 e. The predicted molar refractivity (Wildman–Crippen MR) is 112 cm³/mol. The number of nitrogens with one attached hydrogen (secondary N) is 2. The quantitative estimate of drug-likeness (QED) is 0.130. The monoisotopic (exact) mass is 456 g/mol. The molecule has 0 fully saturated rings. The summed E-state index contributed by atoms with van der Waals surface area (Å²) in [6, 6.07) is -0.736. The van der Waals surface area contributed by atoms with Crippen LogP contribution in [-0.4, -0.2) is 93.7 Å². The topological polar surface area (TPSA) is 166 Å². The molecule has 0 bridgehead atoms. The molecule has 1 aliphatic heterocycles. The molecule has 0 aromatic carbocycles. The van der Waals surface area contributed by atoms with Crippen molar-refractivity contribution in [1.29, 1.82) is 0 Å². The Kier molecular flexibility index (Phi) is 13.5. The van der Waals surface area contributed by atoms with E-state index in [-0.39, 0.29) is 51.8 Å². The Morgan fingerprint density at radius 1 is 1.03 bits per heavy atom. The standard InChI is InChI=1S/C20H32N4O8/c1-30-20(29)15(4-2-3-8-21)23-17(26)14-32-13-12-31-11-9-22-16(25)7-10-24-18(27)5-6-19(24)28/h5-6,15H,2-4,7-14,21H2,1H3,(H,22,25)(H,23,26). The molecule has 180 valence electrons. The molecule has 4 N–H and O–H groups in total. The molecular formula is C20H32N4O8. The second-order valence-electron chi connectivity index (χ2n) is 6.85. The van der Waals surface area contributed by atoms with Crippen LogP contribution in [0.5, 0.6) is 0 Å². The van der Waals surface area contributed by atoms with Crippen LogP contribution in [0.2, 0.25) is 0 Å². The number of carbonyl (C=O) groups is 5. The third kappa shape index (κ3) is 11.0. The minimum absolute atomic E-state index is 0.0101. The third-order valence-corrected chi connectivity index (χ3v) is 4.40. The number of nitrogens with zero attached hydrogens (tertiary/aromatic N) is 1. The maximum Gasteiger partial charge on any atom is 0.328 e. The molecule has 12 heteroatoms. The normalized spacial score (nSPS) is 13.9. The van der Waals surface area contributed by atoms with Crippen LogP contribution in [0.25, 0.3) is 0 Å². The van der Waals surface area contributed by atoms with Crippen LogP contribution in [0.3, 0.4) is 0 Å². The zero-order chi connectivity index (χ0) is 23.8. The number of carbonyl (C=O) groups excluding carboxylic acids is 5. The summed E-state index contributed by atoms with van der Waals surface area (Å²) < 4.78 is 15.2. The molecule has 4 amide bonds. The van der Waals surface area contributed by atoms with Gasteiger partial charge in [-0.1, -0.05) is 0 Å². The van der Waals surface area contributed by atoms with Gasteiger partial charge in [0.05, 0.1) is 26.9 Å². The number of imide groups is 1. The van der Waals surface area contributed by atoms with E-state index in [9.17, 15) is 24.0 Å². The molecule has 12 nitrogen and oxygen atoms in total. The summed E-state index contributed by atoms with van der Waals surface area (Å²) in [6.45, 7) is 1.16. The van der Waals surface area contributed by atoms with Crippen molar-refractivity contribution in [1.82, 2.24) is 15.5 Å². The predicted octanol–water partition coefficient (Wildman–Crippen LogP) is -1.76. The number of ether oxygens (including phenoxy) is 3. The van der Waals surface area contributed by atoms with E-state index >= 15 is 0 Å². The SMILES string of the molecule is COC(=O)C(CCCCN)NC(=O)COCCOCCNC(=O)CCN1C(=O)C=CC1=O. The van der Waals surface area contributed by atoms with Crippen LogP contribution in [0.4, 0.5) is 0 Å². The molecule has 0 saturated carbocycles. The molecular weight excluding hydrogens is 424 g/mol. The molecule has 0 aromatic heterocycles. The van der Waals surface area contributed by atoms with Crippen molar-refractivity contribution in [2.45, 2.75) is 31.7 Å². The molecule has 1 heterocycles. The van der Waals surface area contributed by atoms with Crippen molar-refractivity contribution >= 4 is 29.6 Å². The van der Waals surface area contributed by atoms with Crippen LogP contribution >= 0.6 is 0 Å². The van der Waals surface area contributed by atoms with E-state index in [2.05, 4.69) is 15.4 Å². The van der Waals surface area contributed by atoms with E-state index in [1.807, 2.05) is 0 Å².